The molecule has 11 nitrogen and oxygen atoms in total. The van der Waals surface area contributed by atoms with E-state index in [1.165, 1.54) is 27.3 Å². The number of aromatic nitrogens is 11. The van der Waals surface area contributed by atoms with Crippen LogP contribution < -0.4 is 0 Å². The molecule has 0 aliphatic heterocycles. The molecule has 20 rings (SSSR count). The van der Waals surface area contributed by atoms with Crippen LogP contribution in [0.5, 0.6) is 0 Å². The summed E-state index contributed by atoms with van der Waals surface area (Å²) in [6.45, 7) is 0. The lowest BCUT2D eigenvalue weighted by Crippen LogP contribution is -1.96. The van der Waals surface area contributed by atoms with Gasteiger partial charge in [-0.2, -0.15) is 0 Å². The molecule has 0 atom stereocenters. The summed E-state index contributed by atoms with van der Waals surface area (Å²) in [6.07, 6.45) is 7.15. The highest BCUT2D eigenvalue weighted by Gasteiger charge is 2.20. The molecular formula is C93H57N11. The van der Waals surface area contributed by atoms with Crippen molar-refractivity contribution in [3.63, 3.8) is 0 Å². The number of para-hydroxylation sites is 2. The lowest BCUT2D eigenvalue weighted by Gasteiger charge is -2.13. The molecule has 11 aromatic heterocycles. The maximum absolute atomic E-state index is 5.31. The molecule has 11 heteroatoms. The summed E-state index contributed by atoms with van der Waals surface area (Å²) in [6, 6.07) is 110. The fourth-order valence-corrected chi connectivity index (χ4v) is 14.3. The van der Waals surface area contributed by atoms with E-state index in [4.69, 9.17) is 34.9 Å². The Morgan fingerprint density at radius 3 is 1.00 bits per heavy atom. The first kappa shape index (κ1) is 60.9. The standard InChI is InChI=1S/C51H31N5.C42H26N6/c1-2-10-32(11-3-1)49-41-12-4-5-13-44(41)56-51-42(49)24-18-33-21-25-43(55-50(33)51)37-20-23-40-36(29-37)17-16-35-28-34(19-22-39(35)40)38-30-47(45-14-6-8-26-52-45)54-48(31-38)46-15-7-9-27-53-46;1-2-11-27(12-3-1)40-30-13-4-5-14-33(30)47-42-31(40)21-19-28-20-22-37(48-41(28)42)36-18-10-17-32(45-36)29-25-38(34-15-6-8-23-43-34)46-39(26-29)35-16-7-9-24-44-35/h1-31H;1-26H. The van der Waals surface area contributed by atoms with Crippen molar-refractivity contribution in [3.8, 4) is 113 Å². The highest BCUT2D eigenvalue weighted by atomic mass is 14.8. The Bertz CT molecular complexity index is 6590. The SMILES string of the molecule is c1ccc(-c2c3ccccc3nc3c2ccc2ccc(-c4ccc5c(ccc6cc(-c7cc(-c8ccccn8)nc(-c8ccccn8)c7)ccc65)c4)nc23)cc1.c1ccc(-c2c3ccccc3nc3c2ccc2ccc(-c4cccc(-c5cc(-c6ccccn6)nc(-c6ccccn6)c5)n4)nc23)cc1. The molecule has 0 fully saturated rings. The van der Waals surface area contributed by atoms with Crippen molar-refractivity contribution in [3.05, 3.63) is 346 Å². The van der Waals surface area contributed by atoms with E-state index in [1.54, 1.807) is 24.8 Å². The first-order valence-electron chi connectivity index (χ1n) is 34.5. The normalized spacial score (nSPS) is 11.5. The summed E-state index contributed by atoms with van der Waals surface area (Å²) in [5.41, 5.74) is 23.9. The van der Waals surface area contributed by atoms with Crippen LogP contribution in [0.15, 0.2) is 346 Å². The third-order valence-corrected chi connectivity index (χ3v) is 19.3. The van der Waals surface area contributed by atoms with Crippen LogP contribution in [0.4, 0.5) is 0 Å². The van der Waals surface area contributed by atoms with Crippen molar-refractivity contribution < 1.29 is 0 Å². The van der Waals surface area contributed by atoms with Crippen molar-refractivity contribution >= 4 is 87.0 Å². The molecule has 0 radical (unpaired) electrons. The van der Waals surface area contributed by atoms with Gasteiger partial charge in [0.1, 0.15) is 0 Å². The second-order valence-electron chi connectivity index (χ2n) is 25.7. The quantitative estimate of drug-likeness (QED) is 0.0954. The Labute approximate surface area is 597 Å². The molecule has 0 unspecified atom stereocenters. The van der Waals surface area contributed by atoms with Crippen LogP contribution >= 0.6 is 0 Å². The van der Waals surface area contributed by atoms with Gasteiger partial charge in [0, 0.05) is 79.4 Å². The summed E-state index contributed by atoms with van der Waals surface area (Å²) in [5.74, 6) is 0. The van der Waals surface area contributed by atoms with E-state index in [1.807, 2.05) is 121 Å². The molecular weight excluding hydrogens is 1270 g/mol. The van der Waals surface area contributed by atoms with Crippen LogP contribution in [-0.4, -0.2) is 54.8 Å². The third kappa shape index (κ3) is 11.4. The molecule has 0 amide bonds. The van der Waals surface area contributed by atoms with Gasteiger partial charge in [-0.25, -0.2) is 34.9 Å². The van der Waals surface area contributed by atoms with Gasteiger partial charge >= 0.3 is 0 Å². The highest BCUT2D eigenvalue weighted by molar-refractivity contribution is 6.18. The van der Waals surface area contributed by atoms with Crippen molar-refractivity contribution in [2.24, 2.45) is 0 Å². The zero-order chi connectivity index (χ0) is 68.9. The van der Waals surface area contributed by atoms with Gasteiger partial charge in [-0.15, -0.1) is 0 Å². The number of pyridine rings is 11. The third-order valence-electron chi connectivity index (χ3n) is 19.3. The highest BCUT2D eigenvalue weighted by Crippen LogP contribution is 2.42. The zero-order valence-electron chi connectivity index (χ0n) is 55.8. The second kappa shape index (κ2) is 26.1. The Morgan fingerprint density at radius 1 is 0.154 bits per heavy atom. The number of hydrogen-bond donors (Lipinski definition) is 0. The first-order valence-corrected chi connectivity index (χ1v) is 34.5. The van der Waals surface area contributed by atoms with Gasteiger partial charge in [0.25, 0.3) is 0 Å². The summed E-state index contributed by atoms with van der Waals surface area (Å²) in [7, 11) is 0. The first-order chi connectivity index (χ1) is 51.5. The number of hydrogen-bond acceptors (Lipinski definition) is 11. The van der Waals surface area contributed by atoms with Gasteiger partial charge in [0.05, 0.1) is 101 Å². The number of fused-ring (bicyclic) bond motifs is 11. The van der Waals surface area contributed by atoms with Gasteiger partial charge in [-0.1, -0.05) is 200 Å². The summed E-state index contributed by atoms with van der Waals surface area (Å²) >= 11 is 0. The molecule has 20 aromatic rings. The number of rotatable bonds is 10. The van der Waals surface area contributed by atoms with E-state index >= 15 is 0 Å². The van der Waals surface area contributed by atoms with Gasteiger partial charge in [0.15, 0.2) is 0 Å². The largest absolute Gasteiger partial charge is 0.255 e. The predicted octanol–water partition coefficient (Wildman–Crippen LogP) is 22.6. The molecule has 0 aliphatic carbocycles. The minimum Gasteiger partial charge on any atom is -0.255 e. The molecule has 0 bridgehead atoms. The average Bonchev–Trinajstić information content (AvgIpc) is 0.747. The molecule has 0 spiro atoms. The van der Waals surface area contributed by atoms with E-state index in [-0.39, 0.29) is 0 Å². The van der Waals surface area contributed by atoms with Gasteiger partial charge in [0.2, 0.25) is 0 Å². The number of benzene rings is 9. The maximum atomic E-state index is 5.31. The van der Waals surface area contributed by atoms with Crippen LogP contribution in [-0.2, 0) is 0 Å². The van der Waals surface area contributed by atoms with Gasteiger partial charge in [-0.05, 0) is 165 Å². The molecule has 9 aromatic carbocycles. The molecule has 484 valence electrons. The Balaban J connectivity index is 0.000000145. The number of nitrogens with zero attached hydrogens (tertiary/aromatic N) is 11. The van der Waals surface area contributed by atoms with E-state index in [9.17, 15) is 0 Å². The molecule has 0 aliphatic rings. The summed E-state index contributed by atoms with van der Waals surface area (Å²) in [4.78, 5) is 54.2. The van der Waals surface area contributed by atoms with Crippen LogP contribution in [0.2, 0.25) is 0 Å². The lowest BCUT2D eigenvalue weighted by molar-refractivity contribution is 1.21. The van der Waals surface area contributed by atoms with Crippen LogP contribution in [0.1, 0.15) is 0 Å². The molecule has 11 heterocycles. The van der Waals surface area contributed by atoms with E-state index in [0.29, 0.717) is 0 Å². The topological polar surface area (TPSA) is 142 Å². The van der Waals surface area contributed by atoms with Crippen molar-refractivity contribution in [1.82, 2.24) is 54.8 Å². The minimum absolute atomic E-state index is 0.753. The smallest absolute Gasteiger partial charge is 0.0978 e. The fourth-order valence-electron chi connectivity index (χ4n) is 14.3. The molecule has 0 saturated carbocycles. The Hall–Kier alpha value is -14.3. The predicted molar refractivity (Wildman–Crippen MR) is 423 cm³/mol. The van der Waals surface area contributed by atoms with Crippen molar-refractivity contribution in [2.75, 3.05) is 0 Å². The minimum atomic E-state index is 0.753. The van der Waals surface area contributed by atoms with Crippen molar-refractivity contribution in [1.29, 1.82) is 0 Å². The van der Waals surface area contributed by atoms with Crippen LogP contribution in [0.25, 0.3) is 200 Å². The van der Waals surface area contributed by atoms with E-state index < -0.39 is 0 Å². The average molecular weight is 1330 g/mol. The van der Waals surface area contributed by atoms with Crippen LogP contribution in [0.3, 0.4) is 0 Å². The second-order valence-corrected chi connectivity index (χ2v) is 25.7. The Kier molecular flexibility index (Phi) is 15.3. The van der Waals surface area contributed by atoms with E-state index in [0.717, 1.165) is 173 Å². The van der Waals surface area contributed by atoms with Gasteiger partial charge in [-0.3, -0.25) is 19.9 Å². The van der Waals surface area contributed by atoms with E-state index in [2.05, 4.69) is 220 Å². The van der Waals surface area contributed by atoms with Crippen molar-refractivity contribution in [2.45, 2.75) is 0 Å². The maximum Gasteiger partial charge on any atom is 0.0978 e. The fraction of sp³-hybridized carbons (Fsp3) is 0. The lowest BCUT2D eigenvalue weighted by atomic mass is 9.94. The summed E-state index contributed by atoms with van der Waals surface area (Å²) < 4.78 is 0. The molecule has 104 heavy (non-hydrogen) atoms. The zero-order valence-corrected chi connectivity index (χ0v) is 55.8. The monoisotopic (exact) mass is 1330 g/mol. The molecule has 0 saturated heterocycles. The van der Waals surface area contributed by atoms with Gasteiger partial charge < -0.3 is 0 Å². The molecule has 0 N–H and O–H groups in total. The van der Waals surface area contributed by atoms with Crippen LogP contribution in [0, 0.1) is 0 Å². The summed E-state index contributed by atoms with van der Waals surface area (Å²) in [5, 5.41) is 11.2. The Morgan fingerprint density at radius 2 is 0.510 bits per heavy atom.